The number of hydrogen-bond acceptors (Lipinski definition) is 3. The lowest BCUT2D eigenvalue weighted by molar-refractivity contribution is -0.268. The molecule has 10 atom stereocenters. The Morgan fingerprint density at radius 2 is 1.35 bits per heavy atom. The molecule has 0 aromatic carbocycles. The standard InChI is InChI=1S/C30H50O4/c1-25(2)14-16-30(24(33)34)17-15-28(6)18(22(30)23(25)32)8-9-20-27(5)12-11-21(31)26(3,4)19(27)10-13-29(20,28)7/h18-23,31-32H,8-17H2,1-7H3,(H,33,34)/t18-,19?,20-,21+,22+,23+,27+,28-,29-,30+/m1/s1. The van der Waals surface area contributed by atoms with Crippen LogP contribution in [-0.4, -0.2) is 33.5 Å². The molecule has 0 saturated heterocycles. The second-order valence-corrected chi connectivity index (χ2v) is 15.5. The highest BCUT2D eigenvalue weighted by atomic mass is 16.4. The number of fused-ring (bicyclic) bond motifs is 7. The molecule has 3 N–H and O–H groups in total. The molecular weight excluding hydrogens is 424 g/mol. The molecule has 0 bridgehead atoms. The van der Waals surface area contributed by atoms with Crippen LogP contribution in [0.3, 0.4) is 0 Å². The number of hydrogen-bond donors (Lipinski definition) is 3. The molecule has 5 fully saturated rings. The fourth-order valence-corrected chi connectivity index (χ4v) is 11.4. The molecule has 1 unspecified atom stereocenters. The van der Waals surface area contributed by atoms with Gasteiger partial charge in [-0.3, -0.25) is 4.79 Å². The predicted octanol–water partition coefficient (Wildman–Crippen LogP) is 6.28. The van der Waals surface area contributed by atoms with Crippen LogP contribution < -0.4 is 0 Å². The van der Waals surface area contributed by atoms with E-state index in [1.165, 1.54) is 0 Å². The van der Waals surface area contributed by atoms with E-state index in [4.69, 9.17) is 0 Å². The van der Waals surface area contributed by atoms with Gasteiger partial charge in [0.1, 0.15) is 0 Å². The second kappa shape index (κ2) is 7.24. The van der Waals surface area contributed by atoms with Gasteiger partial charge in [0, 0.05) is 5.92 Å². The van der Waals surface area contributed by atoms with Crippen molar-refractivity contribution in [1.82, 2.24) is 0 Å². The molecule has 5 aliphatic rings. The van der Waals surface area contributed by atoms with Gasteiger partial charge in [0.25, 0.3) is 0 Å². The van der Waals surface area contributed by atoms with Gasteiger partial charge in [-0.25, -0.2) is 0 Å². The minimum atomic E-state index is -0.764. The monoisotopic (exact) mass is 474 g/mol. The van der Waals surface area contributed by atoms with Crippen LogP contribution in [0.1, 0.15) is 113 Å². The number of carbonyl (C=O) groups is 1. The summed E-state index contributed by atoms with van der Waals surface area (Å²) in [6, 6.07) is 0. The van der Waals surface area contributed by atoms with E-state index in [1.54, 1.807) is 0 Å². The molecule has 5 saturated carbocycles. The summed E-state index contributed by atoms with van der Waals surface area (Å²) in [4.78, 5) is 12.8. The highest BCUT2D eigenvalue weighted by Crippen LogP contribution is 2.77. The quantitative estimate of drug-likeness (QED) is 0.418. The van der Waals surface area contributed by atoms with E-state index in [0.29, 0.717) is 24.7 Å². The lowest BCUT2D eigenvalue weighted by Gasteiger charge is -2.73. The van der Waals surface area contributed by atoms with Crippen molar-refractivity contribution in [1.29, 1.82) is 0 Å². The van der Waals surface area contributed by atoms with Crippen LogP contribution in [-0.2, 0) is 4.79 Å². The van der Waals surface area contributed by atoms with Crippen LogP contribution in [0.15, 0.2) is 0 Å². The SMILES string of the molecule is CC1(C)CC[C@]2(C(=O)O)CC[C@]3(C)[C@H](CC[C@@H]4[C@@]5(C)CC[C@H](O)C(C)(C)C5CC[C@]43C)[C@H]2[C@@H]1O. The van der Waals surface area contributed by atoms with Crippen molar-refractivity contribution < 1.29 is 20.1 Å². The third kappa shape index (κ3) is 2.82. The molecule has 5 rings (SSSR count). The Morgan fingerprint density at radius 3 is 2.00 bits per heavy atom. The van der Waals surface area contributed by atoms with Crippen LogP contribution in [0, 0.1) is 56.2 Å². The molecule has 5 aliphatic carbocycles. The van der Waals surface area contributed by atoms with Gasteiger partial charge in [0.2, 0.25) is 0 Å². The molecule has 34 heavy (non-hydrogen) atoms. The van der Waals surface area contributed by atoms with Crippen molar-refractivity contribution in [3.63, 3.8) is 0 Å². The maximum atomic E-state index is 12.8. The maximum Gasteiger partial charge on any atom is 0.310 e. The Labute approximate surface area is 207 Å². The molecule has 194 valence electrons. The summed E-state index contributed by atoms with van der Waals surface area (Å²) in [6.45, 7) is 16.4. The summed E-state index contributed by atoms with van der Waals surface area (Å²) in [7, 11) is 0. The molecule has 0 radical (unpaired) electrons. The number of carboxylic acid groups (broad SMARTS) is 1. The van der Waals surface area contributed by atoms with Gasteiger partial charge in [0.15, 0.2) is 0 Å². The zero-order valence-corrected chi connectivity index (χ0v) is 22.8. The van der Waals surface area contributed by atoms with Gasteiger partial charge < -0.3 is 15.3 Å². The lowest BCUT2D eigenvalue weighted by Crippen LogP contribution is -2.69. The fraction of sp³-hybridized carbons (Fsp3) is 0.967. The van der Waals surface area contributed by atoms with E-state index in [2.05, 4.69) is 48.5 Å². The Hall–Kier alpha value is -0.610. The number of aliphatic hydroxyl groups excluding tert-OH is 2. The van der Waals surface area contributed by atoms with E-state index in [9.17, 15) is 20.1 Å². The fourth-order valence-electron chi connectivity index (χ4n) is 11.4. The zero-order valence-electron chi connectivity index (χ0n) is 22.8. The highest BCUT2D eigenvalue weighted by molar-refractivity contribution is 5.76. The van der Waals surface area contributed by atoms with Crippen molar-refractivity contribution in [2.75, 3.05) is 0 Å². The van der Waals surface area contributed by atoms with Gasteiger partial charge in [0.05, 0.1) is 17.6 Å². The van der Waals surface area contributed by atoms with E-state index in [-0.39, 0.29) is 45.0 Å². The van der Waals surface area contributed by atoms with Crippen molar-refractivity contribution in [3.8, 4) is 0 Å². The van der Waals surface area contributed by atoms with Crippen LogP contribution >= 0.6 is 0 Å². The summed E-state index contributed by atoms with van der Waals surface area (Å²) in [5, 5.41) is 33.1. The summed E-state index contributed by atoms with van der Waals surface area (Å²) < 4.78 is 0. The largest absolute Gasteiger partial charge is 0.481 e. The molecule has 0 aromatic rings. The molecular formula is C30H50O4. The first-order valence-electron chi connectivity index (χ1n) is 14.2. The molecule has 0 heterocycles. The summed E-state index contributed by atoms with van der Waals surface area (Å²) >= 11 is 0. The molecule has 4 heteroatoms. The third-order valence-corrected chi connectivity index (χ3v) is 13.9. The lowest BCUT2D eigenvalue weighted by atomic mass is 9.31. The van der Waals surface area contributed by atoms with Crippen LogP contribution in [0.5, 0.6) is 0 Å². The predicted molar refractivity (Wildman–Crippen MR) is 134 cm³/mol. The van der Waals surface area contributed by atoms with Gasteiger partial charge in [-0.15, -0.1) is 0 Å². The van der Waals surface area contributed by atoms with Crippen LogP contribution in [0.2, 0.25) is 0 Å². The van der Waals surface area contributed by atoms with E-state index in [0.717, 1.165) is 51.4 Å². The Morgan fingerprint density at radius 1 is 0.706 bits per heavy atom. The second-order valence-electron chi connectivity index (χ2n) is 15.5. The average Bonchev–Trinajstić information content (AvgIpc) is 2.74. The van der Waals surface area contributed by atoms with Crippen molar-refractivity contribution in [3.05, 3.63) is 0 Å². The highest BCUT2D eigenvalue weighted by Gasteiger charge is 2.72. The van der Waals surface area contributed by atoms with Gasteiger partial charge >= 0.3 is 5.97 Å². The van der Waals surface area contributed by atoms with Crippen LogP contribution in [0.25, 0.3) is 0 Å². The number of rotatable bonds is 1. The maximum absolute atomic E-state index is 12.8. The minimum Gasteiger partial charge on any atom is -0.481 e. The zero-order chi connectivity index (χ0) is 25.1. The summed E-state index contributed by atoms with van der Waals surface area (Å²) in [6.07, 6.45) is 8.87. The number of aliphatic carboxylic acids is 1. The van der Waals surface area contributed by atoms with Gasteiger partial charge in [-0.1, -0.05) is 48.5 Å². The molecule has 0 aliphatic heterocycles. The molecule has 0 spiro atoms. The van der Waals surface area contributed by atoms with E-state index < -0.39 is 17.5 Å². The van der Waals surface area contributed by atoms with Crippen molar-refractivity contribution in [2.45, 2.75) is 125 Å². The average molecular weight is 475 g/mol. The first-order chi connectivity index (χ1) is 15.6. The van der Waals surface area contributed by atoms with E-state index in [1.807, 2.05) is 0 Å². The van der Waals surface area contributed by atoms with Crippen molar-refractivity contribution >= 4 is 5.97 Å². The van der Waals surface area contributed by atoms with Crippen molar-refractivity contribution in [2.24, 2.45) is 56.2 Å². The Bertz CT molecular complexity index is 864. The number of aliphatic hydroxyl groups is 2. The topological polar surface area (TPSA) is 77.8 Å². The number of carboxylic acids is 1. The third-order valence-electron chi connectivity index (χ3n) is 13.9. The first-order valence-corrected chi connectivity index (χ1v) is 14.2. The molecule has 4 nitrogen and oxygen atoms in total. The van der Waals surface area contributed by atoms with Crippen LogP contribution in [0.4, 0.5) is 0 Å². The summed E-state index contributed by atoms with van der Waals surface area (Å²) in [5.41, 5.74) is -0.642. The van der Waals surface area contributed by atoms with Gasteiger partial charge in [-0.05, 0) is 109 Å². The minimum absolute atomic E-state index is 0.0438. The molecule has 0 aromatic heterocycles. The summed E-state index contributed by atoms with van der Waals surface area (Å²) in [5.74, 6) is 0.566. The Kier molecular flexibility index (Phi) is 5.34. The van der Waals surface area contributed by atoms with E-state index >= 15 is 0 Å². The first kappa shape index (κ1) is 25.1. The smallest absolute Gasteiger partial charge is 0.310 e. The van der Waals surface area contributed by atoms with Gasteiger partial charge in [-0.2, -0.15) is 0 Å². The Balaban J connectivity index is 1.57. The normalized spacial score (nSPS) is 55.8. The molecule has 0 amide bonds.